The number of hydrogen-bond acceptors (Lipinski definition) is 7. The summed E-state index contributed by atoms with van der Waals surface area (Å²) in [5.41, 5.74) is 3.61. The third kappa shape index (κ3) is 4.04. The van der Waals surface area contributed by atoms with Crippen LogP contribution in [0.1, 0.15) is 25.7 Å². The number of nitrogens with zero attached hydrogens (tertiary/aromatic N) is 5. The van der Waals surface area contributed by atoms with Crippen molar-refractivity contribution in [3.63, 3.8) is 0 Å². The van der Waals surface area contributed by atoms with Crippen molar-refractivity contribution in [3.05, 3.63) is 42.7 Å². The highest BCUT2D eigenvalue weighted by Gasteiger charge is 2.30. The third-order valence-electron chi connectivity index (χ3n) is 6.27. The topological polar surface area (TPSA) is 92.5 Å². The third-order valence-corrected chi connectivity index (χ3v) is 7.98. The Kier molecular flexibility index (Phi) is 5.16. The molecule has 2 fully saturated rings. The van der Waals surface area contributed by atoms with Crippen LogP contribution in [-0.2, 0) is 9.84 Å². The highest BCUT2D eigenvalue weighted by Crippen LogP contribution is 2.27. The van der Waals surface area contributed by atoms with Crippen LogP contribution in [0, 0.1) is 0 Å². The van der Waals surface area contributed by atoms with Gasteiger partial charge in [0.25, 0.3) is 0 Å². The molecule has 5 rings (SSSR count). The van der Waals surface area contributed by atoms with Crippen LogP contribution in [0.5, 0.6) is 0 Å². The number of nitrogens with one attached hydrogen (secondary N) is 1. The number of piperidine rings is 1. The molecule has 0 bridgehead atoms. The van der Waals surface area contributed by atoms with E-state index in [9.17, 15) is 8.42 Å². The van der Waals surface area contributed by atoms with E-state index in [-0.39, 0.29) is 0 Å². The number of aromatic nitrogens is 4. The van der Waals surface area contributed by atoms with Crippen molar-refractivity contribution >= 4 is 21.2 Å². The number of benzene rings is 1. The van der Waals surface area contributed by atoms with E-state index in [0.29, 0.717) is 23.6 Å². The van der Waals surface area contributed by atoms with Gasteiger partial charge >= 0.3 is 0 Å². The van der Waals surface area contributed by atoms with Crippen LogP contribution in [-0.4, -0.2) is 69.8 Å². The van der Waals surface area contributed by atoms with E-state index in [0.717, 1.165) is 61.4 Å². The van der Waals surface area contributed by atoms with Gasteiger partial charge in [0.1, 0.15) is 16.2 Å². The Balaban J connectivity index is 1.28. The minimum atomic E-state index is -2.81. The van der Waals surface area contributed by atoms with E-state index in [2.05, 4.69) is 31.6 Å². The second kappa shape index (κ2) is 7.96. The average Bonchev–Trinajstić information content (AvgIpc) is 3.24. The van der Waals surface area contributed by atoms with Crippen LogP contribution in [0.4, 0.5) is 5.69 Å². The lowest BCUT2D eigenvalue weighted by Gasteiger charge is -2.39. The van der Waals surface area contributed by atoms with Gasteiger partial charge in [0, 0.05) is 30.7 Å². The molecular formula is C21H26N6O2S. The first-order chi connectivity index (χ1) is 14.6. The molecule has 0 saturated carbocycles. The molecule has 0 amide bonds. The van der Waals surface area contributed by atoms with Crippen molar-refractivity contribution in [1.29, 1.82) is 0 Å². The van der Waals surface area contributed by atoms with Crippen molar-refractivity contribution in [3.8, 4) is 11.3 Å². The molecule has 0 unspecified atom stereocenters. The lowest BCUT2D eigenvalue weighted by atomic mass is 10.0. The molecule has 3 aromatic rings. The summed E-state index contributed by atoms with van der Waals surface area (Å²) in [5, 5.41) is 16.6. The highest BCUT2D eigenvalue weighted by atomic mass is 32.2. The van der Waals surface area contributed by atoms with Crippen molar-refractivity contribution in [2.24, 2.45) is 0 Å². The Hall–Kier alpha value is -2.52. The summed E-state index contributed by atoms with van der Waals surface area (Å²) in [6.45, 7) is 1.98. The zero-order valence-electron chi connectivity index (χ0n) is 16.8. The van der Waals surface area contributed by atoms with Crippen LogP contribution in [0.25, 0.3) is 16.9 Å². The first kappa shape index (κ1) is 19.4. The van der Waals surface area contributed by atoms with Gasteiger partial charge in [-0.05, 0) is 31.7 Å². The number of hydrogen-bond donors (Lipinski definition) is 1. The Labute approximate surface area is 176 Å². The molecule has 9 heteroatoms. The van der Waals surface area contributed by atoms with Gasteiger partial charge in [0.2, 0.25) is 5.65 Å². The van der Waals surface area contributed by atoms with Gasteiger partial charge in [-0.3, -0.25) is 0 Å². The number of likely N-dealkylation sites (tertiary alicyclic amines) is 1. The maximum absolute atomic E-state index is 11.7. The number of fused-ring (bicyclic) bond motifs is 1. The maximum Gasteiger partial charge on any atom is 0.200 e. The predicted octanol–water partition coefficient (Wildman–Crippen LogP) is 2.24. The van der Waals surface area contributed by atoms with E-state index in [4.69, 9.17) is 0 Å². The molecule has 2 aromatic heterocycles. The summed E-state index contributed by atoms with van der Waals surface area (Å²) in [6.07, 6.45) is 5.21. The SMILES string of the molecule is O=S1(=O)CCC(N2CCC(Nc3cc(-c4ccccc4)nn4cnnc34)CC2)CC1. The van der Waals surface area contributed by atoms with Gasteiger partial charge in [0.05, 0.1) is 22.9 Å². The standard InChI is InChI=1S/C21H26N6O2S/c28-30(29)12-8-18(9-13-30)26-10-6-17(7-11-26)23-20-14-19(16-4-2-1-3-5-16)25-27-15-22-24-21(20)27/h1-5,14-15,17-18,23H,6-13H2. The molecule has 158 valence electrons. The smallest absolute Gasteiger partial charge is 0.200 e. The number of anilines is 1. The van der Waals surface area contributed by atoms with Crippen LogP contribution in [0.15, 0.2) is 42.7 Å². The van der Waals surface area contributed by atoms with E-state index >= 15 is 0 Å². The first-order valence-corrected chi connectivity index (χ1v) is 12.4. The van der Waals surface area contributed by atoms with Gasteiger partial charge in [-0.1, -0.05) is 30.3 Å². The molecule has 30 heavy (non-hydrogen) atoms. The second-order valence-electron chi connectivity index (χ2n) is 8.25. The molecule has 8 nitrogen and oxygen atoms in total. The summed E-state index contributed by atoms with van der Waals surface area (Å²) < 4.78 is 25.1. The van der Waals surface area contributed by atoms with Crippen molar-refractivity contribution < 1.29 is 8.42 Å². The van der Waals surface area contributed by atoms with Crippen molar-refractivity contribution in [2.45, 2.75) is 37.8 Å². The van der Waals surface area contributed by atoms with E-state index in [1.54, 1.807) is 10.8 Å². The fourth-order valence-corrected chi connectivity index (χ4v) is 6.02. The Morgan fingerprint density at radius 3 is 2.47 bits per heavy atom. The molecule has 1 N–H and O–H groups in total. The summed E-state index contributed by atoms with van der Waals surface area (Å²) in [6, 6.07) is 12.9. The zero-order chi connectivity index (χ0) is 20.6. The van der Waals surface area contributed by atoms with Gasteiger partial charge in [0.15, 0.2) is 0 Å². The van der Waals surface area contributed by atoms with Crippen LogP contribution in [0.3, 0.4) is 0 Å². The normalized spacial score (nSPS) is 21.1. The molecule has 0 spiro atoms. The van der Waals surface area contributed by atoms with Crippen LogP contribution < -0.4 is 5.32 Å². The second-order valence-corrected chi connectivity index (χ2v) is 10.5. The zero-order valence-corrected chi connectivity index (χ0v) is 17.6. The Bertz CT molecular complexity index is 1110. The average molecular weight is 427 g/mol. The molecule has 2 aliphatic rings. The largest absolute Gasteiger partial charge is 0.379 e. The predicted molar refractivity (Wildman–Crippen MR) is 116 cm³/mol. The molecule has 0 radical (unpaired) electrons. The van der Waals surface area contributed by atoms with Gasteiger partial charge < -0.3 is 10.2 Å². The Morgan fingerprint density at radius 2 is 1.73 bits per heavy atom. The molecule has 0 aliphatic carbocycles. The number of rotatable bonds is 4. The fraction of sp³-hybridized carbons (Fsp3) is 0.476. The van der Waals surface area contributed by atoms with E-state index in [1.807, 2.05) is 30.3 Å². The van der Waals surface area contributed by atoms with Crippen LogP contribution >= 0.6 is 0 Å². The minimum absolute atomic E-state index is 0.333. The fourth-order valence-electron chi connectivity index (χ4n) is 4.55. The van der Waals surface area contributed by atoms with Gasteiger partial charge in [-0.2, -0.15) is 9.61 Å². The summed E-state index contributed by atoms with van der Waals surface area (Å²) in [5.74, 6) is 0.667. The quantitative estimate of drug-likeness (QED) is 0.684. The Morgan fingerprint density at radius 1 is 1.00 bits per heavy atom. The lowest BCUT2D eigenvalue weighted by molar-refractivity contribution is 0.147. The molecule has 1 aromatic carbocycles. The van der Waals surface area contributed by atoms with E-state index < -0.39 is 9.84 Å². The number of sulfone groups is 1. The molecule has 2 aliphatic heterocycles. The monoisotopic (exact) mass is 426 g/mol. The minimum Gasteiger partial charge on any atom is -0.379 e. The van der Waals surface area contributed by atoms with Gasteiger partial charge in [-0.25, -0.2) is 8.42 Å². The molecule has 0 atom stereocenters. The highest BCUT2D eigenvalue weighted by molar-refractivity contribution is 7.91. The maximum atomic E-state index is 11.7. The summed E-state index contributed by atoms with van der Waals surface area (Å²) in [7, 11) is -2.81. The summed E-state index contributed by atoms with van der Waals surface area (Å²) >= 11 is 0. The van der Waals surface area contributed by atoms with Crippen molar-refractivity contribution in [2.75, 3.05) is 29.9 Å². The molecule has 4 heterocycles. The molecule has 2 saturated heterocycles. The van der Waals surface area contributed by atoms with Gasteiger partial charge in [-0.15, -0.1) is 10.2 Å². The van der Waals surface area contributed by atoms with Crippen molar-refractivity contribution in [1.82, 2.24) is 24.7 Å². The van der Waals surface area contributed by atoms with E-state index in [1.165, 1.54) is 0 Å². The first-order valence-electron chi connectivity index (χ1n) is 10.5. The lowest BCUT2D eigenvalue weighted by Crippen LogP contribution is -2.47. The summed E-state index contributed by atoms with van der Waals surface area (Å²) in [4.78, 5) is 2.47. The van der Waals surface area contributed by atoms with Crippen LogP contribution in [0.2, 0.25) is 0 Å². The molecular weight excluding hydrogens is 400 g/mol.